The number of carbonyl (C=O) groups is 4. The number of carboxylic acid groups (broad SMARTS) is 1. The van der Waals surface area contributed by atoms with Crippen LogP contribution in [0.2, 0.25) is 0 Å². The number of amides is 2. The van der Waals surface area contributed by atoms with Crippen LogP contribution in [-0.4, -0.2) is 78.9 Å². The van der Waals surface area contributed by atoms with Gasteiger partial charge in [0.15, 0.2) is 0 Å². The molecule has 300 valence electrons. The fourth-order valence-corrected chi connectivity index (χ4v) is 4.92. The first kappa shape index (κ1) is 43.9. The summed E-state index contributed by atoms with van der Waals surface area (Å²) in [5, 5.41) is 30.1. The van der Waals surface area contributed by atoms with Crippen molar-refractivity contribution < 1.29 is 48.2 Å². The smallest absolute Gasteiger partial charge is 0.408 e. The monoisotopic (exact) mass is 776 g/mol. The predicted octanol–water partition coefficient (Wildman–Crippen LogP) is 6.17. The number of pyridine rings is 1. The van der Waals surface area contributed by atoms with Crippen LogP contribution in [0.15, 0.2) is 85.3 Å². The van der Waals surface area contributed by atoms with Gasteiger partial charge < -0.3 is 34.7 Å². The molecule has 0 aliphatic carbocycles. The fraction of sp³-hybridized carbons (Fsp3) is 0.385. The minimum absolute atomic E-state index is 0.0160. The summed E-state index contributed by atoms with van der Waals surface area (Å²) in [6.07, 6.45) is 1.75. The van der Waals surface area contributed by atoms with Crippen molar-refractivity contribution in [3.8, 4) is 17.0 Å². The van der Waals surface area contributed by atoms with Gasteiger partial charge in [0.25, 0.3) is 5.88 Å². The zero-order chi connectivity index (χ0) is 41.6. The highest BCUT2D eigenvalue weighted by Gasteiger charge is 2.38. The fourth-order valence-electron chi connectivity index (χ4n) is 4.92. The third kappa shape index (κ3) is 14.4. The van der Waals surface area contributed by atoms with E-state index >= 15 is 0 Å². The molecule has 56 heavy (non-hydrogen) atoms. The summed E-state index contributed by atoms with van der Waals surface area (Å²) in [7, 11) is 1.72. The van der Waals surface area contributed by atoms with Gasteiger partial charge in [-0.3, -0.25) is 14.8 Å². The van der Waals surface area contributed by atoms with Crippen molar-refractivity contribution in [1.82, 2.24) is 25.4 Å². The Morgan fingerprint density at radius 1 is 0.875 bits per heavy atom. The number of aliphatic carboxylic acids is 1. The number of rotatable bonds is 13. The average molecular weight is 777 g/mol. The zero-order valence-electron chi connectivity index (χ0n) is 32.5. The molecule has 4 aromatic rings. The minimum Gasteiger partial charge on any atom is -0.480 e. The van der Waals surface area contributed by atoms with Crippen LogP contribution in [-0.2, 0) is 37.3 Å². The van der Waals surface area contributed by atoms with Gasteiger partial charge in [-0.1, -0.05) is 60.7 Å². The SMILES string of the molecule is CC(C)(C)OC(=O)NC(Cc1ccccc1)C(=O)O.CCOC(=O)[C@H](Oc1ncc(-c2cnn(C)c2)cc1[N+](=O)[O-])[C@H](NC(=O)OC(C)(C)C)c1ccccc1. The van der Waals surface area contributed by atoms with Crippen molar-refractivity contribution in [2.75, 3.05) is 6.61 Å². The van der Waals surface area contributed by atoms with Crippen LogP contribution in [0.3, 0.4) is 0 Å². The molecular formula is C39H48N6O11. The topological polar surface area (TPSA) is 223 Å². The number of esters is 1. The van der Waals surface area contributed by atoms with E-state index in [0.717, 1.165) is 5.56 Å². The molecule has 0 spiro atoms. The second-order valence-electron chi connectivity index (χ2n) is 14.3. The molecule has 0 aliphatic heterocycles. The van der Waals surface area contributed by atoms with Crippen molar-refractivity contribution in [3.63, 3.8) is 0 Å². The molecule has 17 nitrogen and oxygen atoms in total. The highest BCUT2D eigenvalue weighted by Crippen LogP contribution is 2.33. The van der Waals surface area contributed by atoms with Crippen molar-refractivity contribution in [2.24, 2.45) is 7.05 Å². The number of aryl methyl sites for hydroxylation is 1. The first-order valence-corrected chi connectivity index (χ1v) is 17.5. The lowest BCUT2D eigenvalue weighted by molar-refractivity contribution is -0.386. The minimum atomic E-state index is -1.52. The van der Waals surface area contributed by atoms with Gasteiger partial charge in [0.05, 0.1) is 17.7 Å². The molecule has 1 unspecified atom stereocenters. The van der Waals surface area contributed by atoms with Crippen molar-refractivity contribution >= 4 is 29.8 Å². The molecule has 0 fully saturated rings. The normalized spacial score (nSPS) is 12.7. The maximum atomic E-state index is 13.1. The number of hydrogen-bond acceptors (Lipinski definition) is 12. The van der Waals surface area contributed by atoms with Gasteiger partial charge >= 0.3 is 29.8 Å². The van der Waals surface area contributed by atoms with E-state index in [0.29, 0.717) is 16.7 Å². The first-order chi connectivity index (χ1) is 26.3. The molecule has 17 heteroatoms. The van der Waals surface area contributed by atoms with E-state index in [4.69, 9.17) is 24.1 Å². The number of alkyl carbamates (subject to hydrolysis) is 2. The second-order valence-corrected chi connectivity index (χ2v) is 14.3. The number of nitro groups is 1. The van der Waals surface area contributed by atoms with Crippen LogP contribution in [0.4, 0.5) is 15.3 Å². The van der Waals surface area contributed by atoms with Crippen molar-refractivity contribution in [2.45, 2.75) is 84.3 Å². The maximum Gasteiger partial charge on any atom is 0.408 e. The molecule has 2 aromatic heterocycles. The molecule has 0 aliphatic rings. The Morgan fingerprint density at radius 2 is 1.45 bits per heavy atom. The lowest BCUT2D eigenvalue weighted by Gasteiger charge is -2.28. The van der Waals surface area contributed by atoms with Gasteiger partial charge in [-0.25, -0.2) is 24.2 Å². The van der Waals surface area contributed by atoms with Gasteiger partial charge in [0.1, 0.15) is 23.3 Å². The summed E-state index contributed by atoms with van der Waals surface area (Å²) in [5.74, 6) is -2.35. The Labute approximate surface area is 324 Å². The molecule has 2 aromatic carbocycles. The number of carboxylic acids is 1. The van der Waals surface area contributed by atoms with E-state index in [1.807, 2.05) is 30.3 Å². The summed E-state index contributed by atoms with van der Waals surface area (Å²) in [6, 6.07) is 16.8. The number of nitrogens with zero attached hydrogens (tertiary/aromatic N) is 4. The summed E-state index contributed by atoms with van der Waals surface area (Å²) in [5.41, 5.74) is 0.437. The molecule has 0 saturated carbocycles. The quantitative estimate of drug-likeness (QED) is 0.0598. The molecule has 3 N–H and O–H groups in total. The van der Waals surface area contributed by atoms with Crippen LogP contribution in [0, 0.1) is 10.1 Å². The average Bonchev–Trinajstić information content (AvgIpc) is 3.55. The Kier molecular flexibility index (Phi) is 15.4. The first-order valence-electron chi connectivity index (χ1n) is 17.5. The Balaban J connectivity index is 0.000000372. The third-order valence-corrected chi connectivity index (χ3v) is 7.23. The molecule has 0 bridgehead atoms. The van der Waals surface area contributed by atoms with Crippen LogP contribution in [0.5, 0.6) is 5.88 Å². The van der Waals surface area contributed by atoms with Crippen LogP contribution in [0.25, 0.3) is 11.1 Å². The van der Waals surface area contributed by atoms with Gasteiger partial charge in [0, 0.05) is 43.1 Å². The highest BCUT2D eigenvalue weighted by molar-refractivity contribution is 5.80. The standard InChI is InChI=1S/C25H29N5O7.C14H19NO4/c1-6-35-23(31)21(20(16-10-8-7-9-11-16)28-24(32)37-25(2,3)4)36-22-19(30(33)34)12-17(13-26-22)18-14-27-29(5)15-18;1-14(2,3)19-13(18)15-11(12(16)17)9-10-7-5-4-6-8-10/h7-15,20-21H,6H2,1-5H3,(H,28,32);4-8,11H,9H2,1-3H3,(H,15,18)(H,16,17)/t20-,21-;/m1./s1. The third-order valence-electron chi connectivity index (χ3n) is 7.23. The number of hydrogen-bond donors (Lipinski definition) is 3. The molecule has 0 saturated heterocycles. The van der Waals surface area contributed by atoms with Gasteiger partial charge in [-0.05, 0) is 59.6 Å². The van der Waals surface area contributed by atoms with Gasteiger partial charge in [-0.15, -0.1) is 0 Å². The molecular weight excluding hydrogens is 728 g/mol. The predicted molar refractivity (Wildman–Crippen MR) is 204 cm³/mol. The number of carbonyl (C=O) groups excluding carboxylic acids is 3. The molecule has 0 radical (unpaired) electrons. The van der Waals surface area contributed by atoms with E-state index in [2.05, 4.69) is 20.7 Å². The second kappa shape index (κ2) is 19.7. The highest BCUT2D eigenvalue weighted by atomic mass is 16.6. The van der Waals surface area contributed by atoms with E-state index in [1.54, 1.807) is 103 Å². The number of nitrogens with one attached hydrogen (secondary N) is 2. The van der Waals surface area contributed by atoms with Crippen LogP contribution < -0.4 is 15.4 Å². The van der Waals surface area contributed by atoms with Crippen LogP contribution >= 0.6 is 0 Å². The Hall–Kier alpha value is -6.52. The van der Waals surface area contributed by atoms with E-state index < -0.39 is 70.0 Å². The van der Waals surface area contributed by atoms with Gasteiger partial charge in [0.2, 0.25) is 6.10 Å². The largest absolute Gasteiger partial charge is 0.480 e. The lowest BCUT2D eigenvalue weighted by Crippen LogP contribution is -2.46. The summed E-state index contributed by atoms with van der Waals surface area (Å²) in [6.45, 7) is 11.9. The van der Waals surface area contributed by atoms with Crippen LogP contribution in [0.1, 0.15) is 65.6 Å². The Morgan fingerprint density at radius 3 is 1.95 bits per heavy atom. The summed E-state index contributed by atoms with van der Waals surface area (Å²) >= 11 is 0. The van der Waals surface area contributed by atoms with E-state index in [1.165, 1.54) is 12.3 Å². The number of benzene rings is 2. The van der Waals surface area contributed by atoms with Crippen molar-refractivity contribution in [1.29, 1.82) is 0 Å². The van der Waals surface area contributed by atoms with E-state index in [9.17, 15) is 29.3 Å². The van der Waals surface area contributed by atoms with Gasteiger partial charge in [-0.2, -0.15) is 5.10 Å². The summed E-state index contributed by atoms with van der Waals surface area (Å²) in [4.78, 5) is 63.8. The molecule has 3 atom stereocenters. The maximum absolute atomic E-state index is 13.1. The Bertz CT molecular complexity index is 1940. The van der Waals surface area contributed by atoms with E-state index in [-0.39, 0.29) is 13.0 Å². The lowest BCUT2D eigenvalue weighted by atomic mass is 10.0. The summed E-state index contributed by atoms with van der Waals surface area (Å²) < 4.78 is 23.0. The number of ether oxygens (including phenoxy) is 4. The molecule has 2 heterocycles. The molecule has 4 rings (SSSR count). The number of aromatic nitrogens is 3. The van der Waals surface area contributed by atoms with Crippen molar-refractivity contribution in [3.05, 3.63) is 107 Å². The molecule has 2 amide bonds. The zero-order valence-corrected chi connectivity index (χ0v) is 32.5.